The Morgan fingerprint density at radius 1 is 1.04 bits per heavy atom. The molecule has 0 spiro atoms. The van der Waals surface area contributed by atoms with E-state index in [0.29, 0.717) is 23.1 Å². The number of nitrogens with zero attached hydrogens (tertiary/aromatic N) is 2. The number of nitrogens with one attached hydrogen (secondary N) is 1. The van der Waals surface area contributed by atoms with Crippen LogP contribution in [0.1, 0.15) is 5.89 Å². The summed E-state index contributed by atoms with van der Waals surface area (Å²) in [5, 5.41) is 7.95. The lowest BCUT2D eigenvalue weighted by atomic mass is 10.2. The summed E-state index contributed by atoms with van der Waals surface area (Å²) in [4.78, 5) is 0.218. The second-order valence-corrected chi connectivity index (χ2v) is 6.93. The number of rotatable bonds is 7. The maximum atomic E-state index is 12.1. The molecule has 1 aromatic heterocycles. The molecule has 130 valence electrons. The van der Waals surface area contributed by atoms with Crippen LogP contribution in [0.5, 0.6) is 5.75 Å². The number of ether oxygens (including phenoxy) is 1. The van der Waals surface area contributed by atoms with Crippen LogP contribution in [0.2, 0.25) is 0 Å². The molecule has 0 saturated heterocycles. The van der Waals surface area contributed by atoms with Crippen molar-refractivity contribution in [2.45, 2.75) is 11.3 Å². The quantitative estimate of drug-likeness (QED) is 0.695. The first-order valence-corrected chi connectivity index (χ1v) is 9.09. The van der Waals surface area contributed by atoms with Gasteiger partial charge in [0.1, 0.15) is 5.75 Å². The molecule has 0 atom stereocenters. The van der Waals surface area contributed by atoms with Crippen LogP contribution < -0.4 is 9.46 Å². The van der Waals surface area contributed by atoms with Gasteiger partial charge in [-0.25, -0.2) is 13.1 Å². The molecule has 8 heteroatoms. The summed E-state index contributed by atoms with van der Waals surface area (Å²) in [7, 11) is -1.98. The van der Waals surface area contributed by atoms with Crippen molar-refractivity contribution in [3.05, 3.63) is 60.5 Å². The van der Waals surface area contributed by atoms with E-state index in [0.717, 1.165) is 0 Å². The Kier molecular flexibility index (Phi) is 5.11. The average molecular weight is 359 g/mol. The van der Waals surface area contributed by atoms with E-state index in [1.165, 1.54) is 12.1 Å². The highest BCUT2D eigenvalue weighted by atomic mass is 32.2. The normalized spacial score (nSPS) is 11.4. The molecule has 0 bridgehead atoms. The molecule has 0 amide bonds. The Labute approximate surface area is 145 Å². The Hall–Kier alpha value is -2.71. The minimum atomic E-state index is -3.55. The van der Waals surface area contributed by atoms with E-state index >= 15 is 0 Å². The fourth-order valence-corrected chi connectivity index (χ4v) is 3.31. The molecule has 0 saturated carbocycles. The van der Waals surface area contributed by atoms with Gasteiger partial charge in [-0.1, -0.05) is 30.3 Å². The first kappa shape index (κ1) is 17.1. The van der Waals surface area contributed by atoms with Gasteiger partial charge in [-0.2, -0.15) is 0 Å². The van der Waals surface area contributed by atoms with Crippen molar-refractivity contribution in [3.8, 4) is 17.2 Å². The van der Waals surface area contributed by atoms with Crippen LogP contribution in [-0.2, 0) is 16.4 Å². The fraction of sp³-hybridized carbons (Fsp3) is 0.176. The Balaban J connectivity index is 1.65. The van der Waals surface area contributed by atoms with Gasteiger partial charge in [-0.05, 0) is 24.3 Å². The minimum absolute atomic E-state index is 0.158. The molecule has 0 aliphatic carbocycles. The summed E-state index contributed by atoms with van der Waals surface area (Å²) in [6, 6.07) is 15.5. The molecule has 0 unspecified atom stereocenters. The van der Waals surface area contributed by atoms with Crippen LogP contribution in [0.4, 0.5) is 0 Å². The summed E-state index contributed by atoms with van der Waals surface area (Å²) < 4.78 is 37.7. The predicted molar refractivity (Wildman–Crippen MR) is 91.6 cm³/mol. The third kappa shape index (κ3) is 4.04. The Bertz CT molecular complexity index is 939. The van der Waals surface area contributed by atoms with Gasteiger partial charge in [-0.15, -0.1) is 10.2 Å². The van der Waals surface area contributed by atoms with Crippen molar-refractivity contribution >= 4 is 10.0 Å². The van der Waals surface area contributed by atoms with E-state index in [1.54, 1.807) is 31.4 Å². The number of hydrogen-bond acceptors (Lipinski definition) is 6. The van der Waals surface area contributed by atoms with Crippen LogP contribution in [0, 0.1) is 0 Å². The zero-order valence-corrected chi connectivity index (χ0v) is 14.4. The number of methoxy groups -OCH3 is 1. The van der Waals surface area contributed by atoms with Gasteiger partial charge in [0.2, 0.25) is 15.9 Å². The summed E-state index contributed by atoms with van der Waals surface area (Å²) >= 11 is 0. The number of sulfonamides is 1. The summed E-state index contributed by atoms with van der Waals surface area (Å²) in [5.74, 6) is 1.30. The van der Waals surface area contributed by atoms with Gasteiger partial charge < -0.3 is 9.15 Å². The monoisotopic (exact) mass is 359 g/mol. The van der Waals surface area contributed by atoms with E-state index in [-0.39, 0.29) is 17.9 Å². The van der Waals surface area contributed by atoms with Crippen molar-refractivity contribution in [2.24, 2.45) is 0 Å². The van der Waals surface area contributed by atoms with Crippen LogP contribution in [0.3, 0.4) is 0 Å². The number of hydrogen-bond donors (Lipinski definition) is 1. The Morgan fingerprint density at radius 2 is 1.76 bits per heavy atom. The lowest BCUT2D eigenvalue weighted by Crippen LogP contribution is -2.26. The van der Waals surface area contributed by atoms with E-state index in [2.05, 4.69) is 14.9 Å². The standard InChI is InChI=1S/C17H17N3O4S/c1-23-15-10-6-5-9-14(15)17-20-19-16(24-17)11-12-18-25(21,22)13-7-3-2-4-8-13/h2-10,18H,11-12H2,1H3. The molecular formula is C17H17N3O4S. The molecule has 0 fully saturated rings. The van der Waals surface area contributed by atoms with Crippen LogP contribution in [0.15, 0.2) is 63.9 Å². The number of aromatic nitrogens is 2. The molecule has 1 heterocycles. The van der Waals surface area contributed by atoms with Crippen LogP contribution in [0.25, 0.3) is 11.5 Å². The predicted octanol–water partition coefficient (Wildman–Crippen LogP) is 2.27. The SMILES string of the molecule is COc1ccccc1-c1nnc(CCNS(=O)(=O)c2ccccc2)o1. The van der Waals surface area contributed by atoms with Gasteiger partial charge in [-0.3, -0.25) is 0 Å². The molecule has 7 nitrogen and oxygen atoms in total. The molecule has 3 rings (SSSR count). The molecule has 1 N–H and O–H groups in total. The zero-order valence-electron chi connectivity index (χ0n) is 13.5. The molecule has 2 aromatic carbocycles. The lowest BCUT2D eigenvalue weighted by molar-refractivity contribution is 0.413. The maximum absolute atomic E-state index is 12.1. The fourth-order valence-electron chi connectivity index (χ4n) is 2.26. The number of para-hydroxylation sites is 1. The van der Waals surface area contributed by atoms with Crippen molar-refractivity contribution in [1.29, 1.82) is 0 Å². The highest BCUT2D eigenvalue weighted by molar-refractivity contribution is 7.89. The largest absolute Gasteiger partial charge is 0.496 e. The minimum Gasteiger partial charge on any atom is -0.496 e. The molecule has 25 heavy (non-hydrogen) atoms. The number of benzene rings is 2. The third-order valence-corrected chi connectivity index (χ3v) is 4.97. The molecule has 0 radical (unpaired) electrons. The second kappa shape index (κ2) is 7.45. The van der Waals surface area contributed by atoms with Crippen molar-refractivity contribution in [1.82, 2.24) is 14.9 Å². The first-order valence-electron chi connectivity index (χ1n) is 7.60. The molecule has 3 aromatic rings. The molecule has 0 aliphatic heterocycles. The highest BCUT2D eigenvalue weighted by Crippen LogP contribution is 2.28. The van der Waals surface area contributed by atoms with E-state index in [4.69, 9.17) is 9.15 Å². The van der Waals surface area contributed by atoms with Gasteiger partial charge in [0.25, 0.3) is 5.89 Å². The summed E-state index contributed by atoms with van der Waals surface area (Å²) in [5.41, 5.74) is 0.689. The summed E-state index contributed by atoms with van der Waals surface area (Å²) in [6.07, 6.45) is 0.286. The smallest absolute Gasteiger partial charge is 0.251 e. The summed E-state index contributed by atoms with van der Waals surface area (Å²) in [6.45, 7) is 0.158. The van der Waals surface area contributed by atoms with Crippen molar-refractivity contribution < 1.29 is 17.6 Å². The topological polar surface area (TPSA) is 94.3 Å². The van der Waals surface area contributed by atoms with Crippen LogP contribution in [-0.4, -0.2) is 32.3 Å². The van der Waals surface area contributed by atoms with Gasteiger partial charge in [0.15, 0.2) is 0 Å². The first-order chi connectivity index (χ1) is 12.1. The van der Waals surface area contributed by atoms with Gasteiger partial charge in [0.05, 0.1) is 17.6 Å². The van der Waals surface area contributed by atoms with E-state index in [1.807, 2.05) is 18.2 Å². The van der Waals surface area contributed by atoms with Gasteiger partial charge in [0, 0.05) is 13.0 Å². The Morgan fingerprint density at radius 3 is 2.52 bits per heavy atom. The maximum Gasteiger partial charge on any atom is 0.251 e. The van der Waals surface area contributed by atoms with Crippen molar-refractivity contribution in [2.75, 3.05) is 13.7 Å². The van der Waals surface area contributed by atoms with E-state index in [9.17, 15) is 8.42 Å². The van der Waals surface area contributed by atoms with Crippen molar-refractivity contribution in [3.63, 3.8) is 0 Å². The second-order valence-electron chi connectivity index (χ2n) is 5.16. The molecular weight excluding hydrogens is 342 g/mol. The van der Waals surface area contributed by atoms with E-state index < -0.39 is 10.0 Å². The average Bonchev–Trinajstić information content (AvgIpc) is 3.11. The molecule has 0 aliphatic rings. The third-order valence-electron chi connectivity index (χ3n) is 3.49. The van der Waals surface area contributed by atoms with Gasteiger partial charge >= 0.3 is 0 Å². The van der Waals surface area contributed by atoms with Crippen LogP contribution >= 0.6 is 0 Å². The highest BCUT2D eigenvalue weighted by Gasteiger charge is 2.15. The zero-order chi connectivity index (χ0) is 17.7. The lowest BCUT2D eigenvalue weighted by Gasteiger charge is -2.05.